The van der Waals surface area contributed by atoms with Gasteiger partial charge in [-0.05, 0) is 19.0 Å². The lowest BCUT2D eigenvalue weighted by atomic mass is 10.1. The highest BCUT2D eigenvalue weighted by molar-refractivity contribution is 7.39. The third kappa shape index (κ3) is 1.61. The Morgan fingerprint density at radius 3 is 3.05 bits per heavy atom. The second-order valence-electron chi connectivity index (χ2n) is 5.47. The number of pyridine rings is 1. The van der Waals surface area contributed by atoms with Crippen LogP contribution in [-0.2, 0) is 0 Å². The van der Waals surface area contributed by atoms with Gasteiger partial charge in [0.2, 0.25) is 4.88 Å². The second kappa shape index (κ2) is 4.02. The van der Waals surface area contributed by atoms with E-state index in [4.69, 9.17) is 5.73 Å². The fourth-order valence-corrected chi connectivity index (χ4v) is 6.41. The molecule has 0 aromatic carbocycles. The Bertz CT molecular complexity index is 666. The Kier molecular flexibility index (Phi) is 2.40. The number of hydrogen-bond acceptors (Lipinski definition) is 3. The summed E-state index contributed by atoms with van der Waals surface area (Å²) < 4.78 is 1.22. The van der Waals surface area contributed by atoms with Crippen LogP contribution in [0.5, 0.6) is 0 Å². The van der Waals surface area contributed by atoms with Crippen molar-refractivity contribution in [3.8, 4) is 0 Å². The quantitative estimate of drug-likeness (QED) is 0.852. The Balaban J connectivity index is 1.91. The minimum atomic E-state index is -0.266. The van der Waals surface area contributed by atoms with Crippen LogP contribution < -0.4 is 5.73 Å². The van der Waals surface area contributed by atoms with Gasteiger partial charge in [-0.15, -0.1) is 0 Å². The van der Waals surface area contributed by atoms with E-state index in [0.717, 1.165) is 22.7 Å². The van der Waals surface area contributed by atoms with Crippen LogP contribution in [0.2, 0.25) is 0 Å². The van der Waals surface area contributed by atoms with Crippen molar-refractivity contribution in [1.82, 2.24) is 9.88 Å². The monoisotopic (exact) mass is 274 g/mol. The number of nitrogens with zero attached hydrogens (tertiary/aromatic N) is 2. The predicted octanol–water partition coefficient (Wildman–Crippen LogP) is 1.96. The molecular weight excluding hydrogens is 258 g/mol. The number of fused-ring (bicyclic) bond motifs is 3. The molecule has 2 aliphatic heterocycles. The van der Waals surface area contributed by atoms with Crippen molar-refractivity contribution >= 4 is 26.5 Å². The first-order valence-electron chi connectivity index (χ1n) is 6.65. The summed E-state index contributed by atoms with van der Waals surface area (Å²) in [6.07, 6.45) is 4.97. The molecule has 2 aliphatic rings. The molecule has 0 saturated carbocycles. The minimum Gasteiger partial charge on any atom is -0.361 e. The van der Waals surface area contributed by atoms with Gasteiger partial charge in [-0.3, -0.25) is 14.7 Å². The van der Waals surface area contributed by atoms with Gasteiger partial charge in [-0.1, -0.05) is 0 Å². The molecule has 5 heteroatoms. The fourth-order valence-electron chi connectivity index (χ4n) is 3.53. The predicted molar refractivity (Wildman–Crippen MR) is 76.3 cm³/mol. The highest BCUT2D eigenvalue weighted by Crippen LogP contribution is 2.52. The Morgan fingerprint density at radius 2 is 2.37 bits per heavy atom. The average molecular weight is 274 g/mol. The molecular formula is C14H16N3OS+. The largest absolute Gasteiger partial charge is 0.361 e. The lowest BCUT2D eigenvalue weighted by Crippen LogP contribution is -2.21. The highest BCUT2D eigenvalue weighted by Gasteiger charge is 2.47. The van der Waals surface area contributed by atoms with Crippen molar-refractivity contribution in [3.63, 3.8) is 0 Å². The molecule has 4 heterocycles. The van der Waals surface area contributed by atoms with Gasteiger partial charge >= 0.3 is 5.91 Å². The number of hydrogen-bond donors (Lipinski definition) is 1. The molecule has 98 valence electrons. The maximum absolute atomic E-state index is 11.8. The maximum Gasteiger partial charge on any atom is 0.301 e. The van der Waals surface area contributed by atoms with Crippen molar-refractivity contribution in [2.45, 2.75) is 11.7 Å². The summed E-state index contributed by atoms with van der Waals surface area (Å²) >= 11 is 0. The summed E-state index contributed by atoms with van der Waals surface area (Å²) in [5, 5.41) is 1.68. The zero-order valence-electron chi connectivity index (χ0n) is 10.6. The summed E-state index contributed by atoms with van der Waals surface area (Å²) in [7, 11) is -0.163. The van der Waals surface area contributed by atoms with Crippen molar-refractivity contribution in [1.29, 1.82) is 0 Å². The zero-order valence-corrected chi connectivity index (χ0v) is 11.4. The third-order valence-corrected chi connectivity index (χ3v) is 7.14. The summed E-state index contributed by atoms with van der Waals surface area (Å²) in [4.78, 5) is 19.3. The number of thiophene rings is 1. The van der Waals surface area contributed by atoms with Gasteiger partial charge in [0.05, 0.1) is 12.7 Å². The van der Waals surface area contributed by atoms with E-state index in [1.807, 2.05) is 18.3 Å². The molecule has 4 atom stereocenters. The number of amides is 1. The van der Waals surface area contributed by atoms with Crippen molar-refractivity contribution in [3.05, 3.63) is 29.4 Å². The van der Waals surface area contributed by atoms with Gasteiger partial charge in [0.1, 0.15) is 0 Å². The zero-order chi connectivity index (χ0) is 13.0. The number of primary amides is 1. The van der Waals surface area contributed by atoms with E-state index >= 15 is 0 Å². The van der Waals surface area contributed by atoms with Crippen LogP contribution in [-0.4, -0.2) is 35.4 Å². The molecule has 19 heavy (non-hydrogen) atoms. The molecule has 4 rings (SSSR count). The molecule has 0 aliphatic carbocycles. The van der Waals surface area contributed by atoms with Crippen molar-refractivity contribution in [2.24, 2.45) is 11.7 Å². The summed E-state index contributed by atoms with van der Waals surface area (Å²) in [5.41, 5.74) is 5.60. The molecule has 2 N–H and O–H groups in total. The van der Waals surface area contributed by atoms with E-state index in [0.29, 0.717) is 5.25 Å². The maximum atomic E-state index is 11.8. The minimum absolute atomic E-state index is 0.163. The van der Waals surface area contributed by atoms with Crippen LogP contribution in [0.1, 0.15) is 21.3 Å². The lowest BCUT2D eigenvalue weighted by Gasteiger charge is -2.16. The smallest absolute Gasteiger partial charge is 0.301 e. The normalized spacial score (nSPS) is 30.1. The van der Waals surface area contributed by atoms with Gasteiger partial charge in [0, 0.05) is 40.6 Å². The Hall–Kier alpha value is -1.46. The van der Waals surface area contributed by atoms with Crippen LogP contribution in [0.25, 0.3) is 10.1 Å². The first-order chi connectivity index (χ1) is 9.24. The van der Waals surface area contributed by atoms with Gasteiger partial charge in [0.15, 0.2) is 9.95 Å². The van der Waals surface area contributed by atoms with Crippen LogP contribution in [0.4, 0.5) is 0 Å². The Morgan fingerprint density at radius 1 is 1.47 bits per heavy atom. The molecule has 2 bridgehead atoms. The van der Waals surface area contributed by atoms with E-state index in [1.165, 1.54) is 24.2 Å². The molecule has 2 fully saturated rings. The number of aromatic nitrogens is 1. The molecule has 4 unspecified atom stereocenters. The van der Waals surface area contributed by atoms with Crippen LogP contribution in [0.3, 0.4) is 0 Å². The molecule has 2 saturated heterocycles. The van der Waals surface area contributed by atoms with Gasteiger partial charge in [-0.25, -0.2) is 0 Å². The Labute approximate surface area is 114 Å². The lowest BCUT2D eigenvalue weighted by molar-refractivity contribution is 0.100. The van der Waals surface area contributed by atoms with Gasteiger partial charge < -0.3 is 5.73 Å². The molecule has 0 radical (unpaired) electrons. The van der Waals surface area contributed by atoms with E-state index in [-0.39, 0.29) is 16.4 Å². The number of carbonyl (C=O) groups excluding carboxylic acids is 1. The topological polar surface area (TPSA) is 59.2 Å². The van der Waals surface area contributed by atoms with Gasteiger partial charge in [-0.2, -0.15) is 0 Å². The SMILES string of the molecule is NC(=O)c1cc2ccncc2[s+]1C1CN2CCC1C2. The van der Waals surface area contributed by atoms with Crippen LogP contribution in [0.15, 0.2) is 24.5 Å². The number of carbonyl (C=O) groups is 1. The van der Waals surface area contributed by atoms with E-state index < -0.39 is 0 Å². The van der Waals surface area contributed by atoms with E-state index in [2.05, 4.69) is 9.88 Å². The molecule has 1 amide bonds. The van der Waals surface area contributed by atoms with Crippen molar-refractivity contribution < 1.29 is 4.79 Å². The number of piperidine rings is 1. The average Bonchev–Trinajstić information content (AvgIpc) is 3.10. The first kappa shape index (κ1) is 11.4. The third-order valence-electron chi connectivity index (χ3n) is 4.40. The van der Waals surface area contributed by atoms with Gasteiger partial charge in [0.25, 0.3) is 0 Å². The molecule has 0 spiro atoms. The summed E-state index contributed by atoms with van der Waals surface area (Å²) in [6, 6.07) is 3.96. The highest BCUT2D eigenvalue weighted by atomic mass is 32.2. The molecule has 2 aromatic heterocycles. The van der Waals surface area contributed by atoms with E-state index in [9.17, 15) is 4.79 Å². The second-order valence-corrected chi connectivity index (χ2v) is 7.63. The number of nitrogens with two attached hydrogens (primary N) is 1. The first-order valence-corrected chi connectivity index (χ1v) is 7.94. The fraction of sp³-hybridized carbons (Fsp3) is 0.429. The summed E-state index contributed by atoms with van der Waals surface area (Å²) in [6.45, 7) is 3.51. The molecule has 4 nitrogen and oxygen atoms in total. The van der Waals surface area contributed by atoms with Crippen molar-refractivity contribution in [2.75, 3.05) is 19.6 Å². The summed E-state index contributed by atoms with van der Waals surface area (Å²) in [5.74, 6) is 0.453. The van der Waals surface area contributed by atoms with E-state index in [1.54, 1.807) is 6.20 Å². The number of rotatable bonds is 2. The van der Waals surface area contributed by atoms with Crippen LogP contribution in [0, 0.1) is 5.92 Å². The van der Waals surface area contributed by atoms with Crippen LogP contribution >= 0.6 is 10.5 Å². The molecule has 2 aromatic rings. The standard InChI is InChI=1S/C14H15N3OS/c15-14(18)11-5-9-1-3-16-6-12(9)19(11)13-8-17-4-2-10(13)7-17/h1,3,5-6,10,13H,2,4,7-8H2,(H-,15,18)/p+1.